The Morgan fingerprint density at radius 2 is 2.44 bits per heavy atom. The zero-order chi connectivity index (χ0) is 6.69. The van der Waals surface area contributed by atoms with Crippen LogP contribution in [0, 0.1) is 5.92 Å². The minimum Gasteiger partial charge on any atom is -0.211 e. The monoisotopic (exact) mass is 125 g/mol. The fraction of sp³-hybridized carbons (Fsp3) is 0.857. The van der Waals surface area contributed by atoms with Gasteiger partial charge >= 0.3 is 0 Å². The van der Waals surface area contributed by atoms with Gasteiger partial charge in [-0.05, 0) is 19.3 Å². The smallest absolute Gasteiger partial charge is 0.211 e. The molecule has 0 aromatic rings. The van der Waals surface area contributed by atoms with Gasteiger partial charge in [0.2, 0.25) is 6.08 Å². The Bertz CT molecular complexity index is 134. The Morgan fingerprint density at radius 1 is 1.78 bits per heavy atom. The van der Waals surface area contributed by atoms with Crippen LogP contribution >= 0.6 is 0 Å². The minimum absolute atomic E-state index is 0.204. The quantitative estimate of drug-likeness (QED) is 0.415. The molecule has 0 saturated heterocycles. The number of hydrogen-bond donors (Lipinski definition) is 0. The fourth-order valence-electron chi connectivity index (χ4n) is 0.979. The average molecular weight is 125 g/mol. The van der Waals surface area contributed by atoms with E-state index in [0.717, 1.165) is 12.3 Å². The van der Waals surface area contributed by atoms with Crippen LogP contribution in [0.15, 0.2) is 4.99 Å². The molecule has 0 radical (unpaired) electrons. The molecule has 2 nitrogen and oxygen atoms in total. The second-order valence-electron chi connectivity index (χ2n) is 2.75. The highest BCUT2D eigenvalue weighted by molar-refractivity contribution is 5.33. The van der Waals surface area contributed by atoms with E-state index in [2.05, 4.69) is 4.99 Å². The summed E-state index contributed by atoms with van der Waals surface area (Å²) in [5.74, 6) is 0.858. The molecule has 9 heavy (non-hydrogen) atoms. The fourth-order valence-corrected chi connectivity index (χ4v) is 0.979. The van der Waals surface area contributed by atoms with E-state index < -0.39 is 0 Å². The molecule has 0 aromatic carbocycles. The van der Waals surface area contributed by atoms with E-state index in [-0.39, 0.29) is 6.04 Å². The van der Waals surface area contributed by atoms with Crippen LogP contribution < -0.4 is 0 Å². The van der Waals surface area contributed by atoms with E-state index in [9.17, 15) is 4.79 Å². The maximum atomic E-state index is 9.73. The van der Waals surface area contributed by atoms with Gasteiger partial charge in [-0.25, -0.2) is 9.79 Å². The van der Waals surface area contributed by atoms with Gasteiger partial charge < -0.3 is 0 Å². The van der Waals surface area contributed by atoms with Gasteiger partial charge in [0.25, 0.3) is 0 Å². The first-order valence-electron chi connectivity index (χ1n) is 3.40. The van der Waals surface area contributed by atoms with Crippen LogP contribution in [-0.2, 0) is 4.79 Å². The van der Waals surface area contributed by atoms with Gasteiger partial charge in [-0.2, -0.15) is 0 Å². The normalized spacial score (nSPS) is 20.6. The molecule has 50 valence electrons. The number of hydrogen-bond acceptors (Lipinski definition) is 2. The van der Waals surface area contributed by atoms with Gasteiger partial charge in [0, 0.05) is 0 Å². The topological polar surface area (TPSA) is 29.4 Å². The lowest BCUT2D eigenvalue weighted by Gasteiger charge is -1.98. The van der Waals surface area contributed by atoms with Crippen LogP contribution in [0.25, 0.3) is 0 Å². The van der Waals surface area contributed by atoms with Crippen molar-refractivity contribution in [2.24, 2.45) is 10.9 Å². The molecular formula is C7H11NO. The van der Waals surface area contributed by atoms with Gasteiger partial charge in [-0.1, -0.05) is 12.8 Å². The Kier molecular flexibility index (Phi) is 2.01. The van der Waals surface area contributed by atoms with E-state index in [4.69, 9.17) is 0 Å². The first-order valence-corrected chi connectivity index (χ1v) is 3.40. The molecule has 1 fully saturated rings. The molecule has 1 unspecified atom stereocenters. The molecule has 0 amide bonds. The number of isocyanates is 1. The molecule has 0 bridgehead atoms. The summed E-state index contributed by atoms with van der Waals surface area (Å²) in [7, 11) is 0. The standard InChI is InChI=1S/C7H11NO/c1-6(8-5-9)4-7-2-3-7/h6-7H,2-4H2,1H3. The molecular weight excluding hydrogens is 114 g/mol. The molecule has 1 atom stereocenters. The number of aliphatic imine (C=N–C) groups is 1. The SMILES string of the molecule is CC(CC1CC1)N=C=O. The number of rotatable bonds is 3. The second-order valence-corrected chi connectivity index (χ2v) is 2.75. The summed E-state index contributed by atoms with van der Waals surface area (Å²) < 4.78 is 0. The van der Waals surface area contributed by atoms with E-state index in [1.165, 1.54) is 12.8 Å². The first-order chi connectivity index (χ1) is 4.33. The molecule has 1 rings (SSSR count). The zero-order valence-electron chi connectivity index (χ0n) is 5.63. The van der Waals surface area contributed by atoms with Crippen molar-refractivity contribution < 1.29 is 4.79 Å². The van der Waals surface area contributed by atoms with E-state index in [1.54, 1.807) is 6.08 Å². The highest BCUT2D eigenvalue weighted by atomic mass is 16.1. The number of carbonyl (C=O) groups excluding carboxylic acids is 1. The van der Waals surface area contributed by atoms with Crippen molar-refractivity contribution in [2.45, 2.75) is 32.2 Å². The largest absolute Gasteiger partial charge is 0.235 e. The molecule has 0 aliphatic heterocycles. The summed E-state index contributed by atoms with van der Waals surface area (Å²) in [4.78, 5) is 13.3. The first kappa shape index (κ1) is 6.50. The minimum atomic E-state index is 0.204. The lowest BCUT2D eigenvalue weighted by Crippen LogP contribution is -1.97. The summed E-state index contributed by atoms with van der Waals surface area (Å²) in [5.41, 5.74) is 0. The molecule has 1 aliphatic rings. The maximum absolute atomic E-state index is 9.73. The van der Waals surface area contributed by atoms with Crippen molar-refractivity contribution in [1.29, 1.82) is 0 Å². The van der Waals surface area contributed by atoms with Crippen LogP contribution in [0.4, 0.5) is 0 Å². The van der Waals surface area contributed by atoms with E-state index in [0.29, 0.717) is 0 Å². The van der Waals surface area contributed by atoms with Crippen LogP contribution in [-0.4, -0.2) is 12.1 Å². The molecule has 2 heteroatoms. The summed E-state index contributed by atoms with van der Waals surface area (Å²) in [6.45, 7) is 1.96. The average Bonchev–Trinajstić information content (AvgIpc) is 2.50. The van der Waals surface area contributed by atoms with Crippen LogP contribution in [0.3, 0.4) is 0 Å². The Morgan fingerprint density at radius 3 is 2.89 bits per heavy atom. The summed E-state index contributed by atoms with van der Waals surface area (Å²) >= 11 is 0. The lowest BCUT2D eigenvalue weighted by atomic mass is 10.2. The summed E-state index contributed by atoms with van der Waals surface area (Å²) in [6, 6.07) is 0.204. The molecule has 0 N–H and O–H groups in total. The predicted molar refractivity (Wildman–Crippen MR) is 34.9 cm³/mol. The number of nitrogens with zero attached hydrogens (tertiary/aromatic N) is 1. The van der Waals surface area contributed by atoms with Gasteiger partial charge in [0.1, 0.15) is 0 Å². The Hall–Kier alpha value is -0.620. The van der Waals surface area contributed by atoms with Crippen molar-refractivity contribution in [3.63, 3.8) is 0 Å². The lowest BCUT2D eigenvalue weighted by molar-refractivity contribution is 0.549. The zero-order valence-corrected chi connectivity index (χ0v) is 5.63. The van der Waals surface area contributed by atoms with Crippen molar-refractivity contribution in [3.05, 3.63) is 0 Å². The Balaban J connectivity index is 2.16. The van der Waals surface area contributed by atoms with Crippen molar-refractivity contribution in [3.8, 4) is 0 Å². The van der Waals surface area contributed by atoms with Crippen molar-refractivity contribution >= 4 is 6.08 Å². The van der Waals surface area contributed by atoms with Crippen molar-refractivity contribution in [2.75, 3.05) is 0 Å². The van der Waals surface area contributed by atoms with E-state index >= 15 is 0 Å². The van der Waals surface area contributed by atoms with Crippen molar-refractivity contribution in [1.82, 2.24) is 0 Å². The van der Waals surface area contributed by atoms with Gasteiger partial charge in [0.15, 0.2) is 0 Å². The third kappa shape index (κ3) is 2.43. The summed E-state index contributed by atoms with van der Waals surface area (Å²) in [5, 5.41) is 0. The highest BCUT2D eigenvalue weighted by Crippen LogP contribution is 2.33. The second kappa shape index (κ2) is 2.79. The molecule has 0 aromatic heterocycles. The maximum Gasteiger partial charge on any atom is 0.235 e. The van der Waals surface area contributed by atoms with Gasteiger partial charge in [-0.15, -0.1) is 0 Å². The third-order valence-electron chi connectivity index (χ3n) is 1.64. The molecule has 0 heterocycles. The van der Waals surface area contributed by atoms with E-state index in [1.807, 2.05) is 6.92 Å². The van der Waals surface area contributed by atoms with Gasteiger partial charge in [0.05, 0.1) is 6.04 Å². The van der Waals surface area contributed by atoms with Crippen LogP contribution in [0.2, 0.25) is 0 Å². The molecule has 0 spiro atoms. The highest BCUT2D eigenvalue weighted by Gasteiger charge is 2.22. The molecule has 1 saturated carbocycles. The predicted octanol–water partition coefficient (Wildman–Crippen LogP) is 1.51. The molecule has 1 aliphatic carbocycles. The van der Waals surface area contributed by atoms with Crippen LogP contribution in [0.5, 0.6) is 0 Å². The van der Waals surface area contributed by atoms with Gasteiger partial charge in [-0.3, -0.25) is 0 Å². The summed E-state index contributed by atoms with van der Waals surface area (Å²) in [6.07, 6.45) is 5.32. The third-order valence-corrected chi connectivity index (χ3v) is 1.64. The van der Waals surface area contributed by atoms with Crippen LogP contribution in [0.1, 0.15) is 26.2 Å². The Labute approximate surface area is 55.0 Å².